The van der Waals surface area contributed by atoms with Crippen LogP contribution in [0.3, 0.4) is 0 Å². The van der Waals surface area contributed by atoms with E-state index in [1.54, 1.807) is 7.11 Å². The molecular formula is C25H42O2S. The van der Waals surface area contributed by atoms with Gasteiger partial charge in [0.15, 0.2) is 5.05 Å². The Bertz CT molecular complexity index is 549. The number of ether oxygens (including phenoxy) is 2. The molecule has 0 heterocycles. The molecule has 28 heavy (non-hydrogen) atoms. The monoisotopic (exact) mass is 406 g/mol. The molecule has 0 radical (unpaired) electrons. The summed E-state index contributed by atoms with van der Waals surface area (Å²) in [5, 5.41) is 0.682. The fourth-order valence-electron chi connectivity index (χ4n) is 2.70. The van der Waals surface area contributed by atoms with Crippen molar-refractivity contribution in [2.24, 2.45) is 0 Å². The van der Waals surface area contributed by atoms with Gasteiger partial charge in [0.25, 0.3) is 0 Å². The van der Waals surface area contributed by atoms with Crippen LogP contribution in [-0.4, -0.2) is 25.4 Å². The third-order valence-corrected chi connectivity index (χ3v) is 4.88. The molecule has 0 amide bonds. The zero-order valence-electron chi connectivity index (χ0n) is 19.1. The fourth-order valence-corrected chi connectivity index (χ4v) is 2.91. The normalized spacial score (nSPS) is 12.9. The Balaban J connectivity index is 3.97. The van der Waals surface area contributed by atoms with Crippen molar-refractivity contribution >= 4 is 17.3 Å². The Hall–Kier alpha value is -1.19. The maximum atomic E-state index is 5.58. The van der Waals surface area contributed by atoms with Gasteiger partial charge in [-0.15, -0.1) is 0 Å². The smallest absolute Gasteiger partial charge is 0.160 e. The molecule has 0 fully saturated rings. The molecule has 0 aromatic carbocycles. The van der Waals surface area contributed by atoms with Crippen molar-refractivity contribution in [2.75, 3.05) is 20.3 Å². The number of rotatable bonds is 15. The Kier molecular flexibility index (Phi) is 17.1. The van der Waals surface area contributed by atoms with Gasteiger partial charge in [0, 0.05) is 20.1 Å². The molecule has 0 saturated heterocycles. The van der Waals surface area contributed by atoms with E-state index >= 15 is 0 Å². The van der Waals surface area contributed by atoms with Gasteiger partial charge in [0.1, 0.15) is 6.61 Å². The molecule has 0 atom stereocenters. The van der Waals surface area contributed by atoms with Crippen LogP contribution in [-0.2, 0) is 9.47 Å². The van der Waals surface area contributed by atoms with Gasteiger partial charge >= 0.3 is 0 Å². The topological polar surface area (TPSA) is 18.5 Å². The average Bonchev–Trinajstić information content (AvgIpc) is 2.61. The minimum atomic E-state index is 0.581. The summed E-state index contributed by atoms with van der Waals surface area (Å²) in [5.41, 5.74) is 5.76. The third-order valence-electron chi connectivity index (χ3n) is 4.56. The summed E-state index contributed by atoms with van der Waals surface area (Å²) >= 11 is 5.21. The van der Waals surface area contributed by atoms with Crippen LogP contribution in [0.5, 0.6) is 0 Å². The molecule has 3 heteroatoms. The van der Waals surface area contributed by atoms with Crippen molar-refractivity contribution in [3.63, 3.8) is 0 Å². The van der Waals surface area contributed by atoms with Crippen LogP contribution >= 0.6 is 12.2 Å². The van der Waals surface area contributed by atoms with Gasteiger partial charge in [0.05, 0.1) is 0 Å². The fraction of sp³-hybridized carbons (Fsp3) is 0.640. The maximum Gasteiger partial charge on any atom is 0.160 e. The van der Waals surface area contributed by atoms with E-state index < -0.39 is 0 Å². The zero-order chi connectivity index (χ0) is 21.2. The highest BCUT2D eigenvalue weighted by Crippen LogP contribution is 2.13. The van der Waals surface area contributed by atoms with Crippen LogP contribution in [0.4, 0.5) is 0 Å². The first-order valence-corrected chi connectivity index (χ1v) is 11.0. The summed E-state index contributed by atoms with van der Waals surface area (Å²) in [6, 6.07) is 0. The predicted octanol–water partition coefficient (Wildman–Crippen LogP) is 7.90. The Morgan fingerprint density at radius 1 is 0.714 bits per heavy atom. The average molecular weight is 407 g/mol. The van der Waals surface area contributed by atoms with Crippen molar-refractivity contribution in [3.05, 3.63) is 46.6 Å². The second-order valence-electron chi connectivity index (χ2n) is 7.83. The largest absolute Gasteiger partial charge is 0.483 e. The highest BCUT2D eigenvalue weighted by molar-refractivity contribution is 7.80. The molecule has 0 spiro atoms. The summed E-state index contributed by atoms with van der Waals surface area (Å²) in [7, 11) is 1.71. The van der Waals surface area contributed by atoms with E-state index in [4.69, 9.17) is 21.7 Å². The highest BCUT2D eigenvalue weighted by Gasteiger charge is 1.97. The molecule has 0 aromatic heterocycles. The summed E-state index contributed by atoms with van der Waals surface area (Å²) in [5.74, 6) is 0. The van der Waals surface area contributed by atoms with Gasteiger partial charge in [-0.25, -0.2) is 0 Å². The molecule has 0 aromatic rings. The van der Waals surface area contributed by atoms with Gasteiger partial charge in [-0.3, -0.25) is 0 Å². The van der Waals surface area contributed by atoms with Gasteiger partial charge in [0.2, 0.25) is 0 Å². The lowest BCUT2D eigenvalue weighted by Crippen LogP contribution is -2.03. The first-order valence-electron chi connectivity index (χ1n) is 10.6. The first-order chi connectivity index (χ1) is 13.3. The van der Waals surface area contributed by atoms with Crippen LogP contribution in [0.1, 0.15) is 86.0 Å². The zero-order valence-corrected chi connectivity index (χ0v) is 19.9. The molecule has 0 rings (SSSR count). The summed E-state index contributed by atoms with van der Waals surface area (Å²) < 4.78 is 10.6. The predicted molar refractivity (Wildman–Crippen MR) is 128 cm³/mol. The van der Waals surface area contributed by atoms with E-state index in [1.165, 1.54) is 28.7 Å². The molecule has 0 saturated carbocycles. The van der Waals surface area contributed by atoms with Crippen molar-refractivity contribution in [2.45, 2.75) is 86.0 Å². The van der Waals surface area contributed by atoms with E-state index in [-0.39, 0.29) is 0 Å². The molecule has 0 unspecified atom stereocenters. The standard InChI is InChI=1S/C25H42O2S/c1-21(2)11-7-12-22(3)13-8-14-23(4)15-9-16-24(5)18-20-27-25(28)17-10-19-26-6/h11,13,15,18H,7-10,12,14,16-17,19-20H2,1-6H3/b22-13+,23-15+,24-18+. The lowest BCUT2D eigenvalue weighted by molar-refractivity contribution is 0.194. The quantitative estimate of drug-likeness (QED) is 0.156. The molecule has 2 nitrogen and oxygen atoms in total. The first kappa shape index (κ1) is 26.8. The second kappa shape index (κ2) is 17.9. The molecule has 0 aliphatic carbocycles. The minimum absolute atomic E-state index is 0.581. The SMILES string of the molecule is COCCCC(=S)OC/C=C(\C)CC/C=C(\C)CC/C=C(\C)CCC=C(C)C. The number of hydrogen-bond acceptors (Lipinski definition) is 3. The van der Waals surface area contributed by atoms with Crippen molar-refractivity contribution < 1.29 is 9.47 Å². The van der Waals surface area contributed by atoms with Crippen LogP contribution in [0.15, 0.2) is 46.6 Å². The van der Waals surface area contributed by atoms with Crippen molar-refractivity contribution in [3.8, 4) is 0 Å². The Morgan fingerprint density at radius 3 is 1.71 bits per heavy atom. The van der Waals surface area contributed by atoms with Gasteiger partial charge in [-0.1, -0.05) is 40.5 Å². The Labute approximate surface area is 179 Å². The number of hydrogen-bond donors (Lipinski definition) is 0. The van der Waals surface area contributed by atoms with E-state index in [1.807, 2.05) is 0 Å². The van der Waals surface area contributed by atoms with Crippen molar-refractivity contribution in [1.29, 1.82) is 0 Å². The van der Waals surface area contributed by atoms with E-state index in [9.17, 15) is 0 Å². The van der Waals surface area contributed by atoms with Crippen LogP contribution in [0, 0.1) is 0 Å². The lowest BCUT2D eigenvalue weighted by Gasteiger charge is -2.06. The molecule has 0 N–H and O–H groups in total. The number of methoxy groups -OCH3 is 1. The van der Waals surface area contributed by atoms with Crippen LogP contribution in [0.2, 0.25) is 0 Å². The molecule has 0 aliphatic heterocycles. The lowest BCUT2D eigenvalue weighted by atomic mass is 10.0. The van der Waals surface area contributed by atoms with E-state index in [2.05, 4.69) is 58.9 Å². The third kappa shape index (κ3) is 18.2. The van der Waals surface area contributed by atoms with E-state index in [0.717, 1.165) is 51.6 Å². The minimum Gasteiger partial charge on any atom is -0.483 e. The highest BCUT2D eigenvalue weighted by atomic mass is 32.1. The van der Waals surface area contributed by atoms with Gasteiger partial charge < -0.3 is 9.47 Å². The molecule has 0 aliphatic rings. The molecular weight excluding hydrogens is 364 g/mol. The van der Waals surface area contributed by atoms with Crippen LogP contribution < -0.4 is 0 Å². The van der Waals surface area contributed by atoms with E-state index in [0.29, 0.717) is 11.7 Å². The Morgan fingerprint density at radius 2 is 1.21 bits per heavy atom. The summed E-state index contributed by atoms with van der Waals surface area (Å²) in [6.45, 7) is 12.3. The molecule has 160 valence electrons. The molecule has 0 bridgehead atoms. The van der Waals surface area contributed by atoms with Gasteiger partial charge in [-0.05, 0) is 97.9 Å². The number of thiocarbonyl (C=S) groups is 1. The van der Waals surface area contributed by atoms with Gasteiger partial charge in [-0.2, -0.15) is 0 Å². The maximum absolute atomic E-state index is 5.58. The second-order valence-corrected chi connectivity index (χ2v) is 8.28. The summed E-state index contributed by atoms with van der Waals surface area (Å²) in [4.78, 5) is 0. The van der Waals surface area contributed by atoms with Crippen molar-refractivity contribution in [1.82, 2.24) is 0 Å². The van der Waals surface area contributed by atoms with Crippen LogP contribution in [0.25, 0.3) is 0 Å². The summed E-state index contributed by atoms with van der Waals surface area (Å²) in [6.07, 6.45) is 17.8. The number of allylic oxidation sites excluding steroid dienone is 7.